The van der Waals surface area contributed by atoms with E-state index in [-0.39, 0.29) is 6.61 Å². The Morgan fingerprint density at radius 2 is 2.05 bits per heavy atom. The van der Waals surface area contributed by atoms with Crippen LogP contribution in [-0.4, -0.2) is 33.0 Å². The first-order valence-corrected chi connectivity index (χ1v) is 6.16. The van der Waals surface area contributed by atoms with Gasteiger partial charge in [-0.2, -0.15) is 13.2 Å². The Bertz CT molecular complexity index is 458. The number of hydrogen-bond acceptors (Lipinski definition) is 3. The van der Waals surface area contributed by atoms with E-state index in [0.29, 0.717) is 18.8 Å². The van der Waals surface area contributed by atoms with Gasteiger partial charge in [0.2, 0.25) is 0 Å². The number of likely N-dealkylation sites (N-methyl/N-ethyl adjacent to an activating group) is 1. The maximum Gasteiger partial charge on any atom is 0.419 e. The lowest BCUT2D eigenvalue weighted by Gasteiger charge is -2.30. The zero-order chi connectivity index (χ0) is 14.8. The number of halogens is 4. The normalized spacial score (nSPS) is 21.8. The molecule has 1 aliphatic rings. The third-order valence-corrected chi connectivity index (χ3v) is 3.18. The van der Waals surface area contributed by atoms with E-state index in [0.717, 1.165) is 12.1 Å². The molecule has 2 unspecified atom stereocenters. The molecule has 0 aromatic heterocycles. The Morgan fingerprint density at radius 3 is 2.60 bits per heavy atom. The molecule has 1 aromatic carbocycles. The summed E-state index contributed by atoms with van der Waals surface area (Å²) < 4.78 is 62.2. The molecule has 20 heavy (non-hydrogen) atoms. The van der Waals surface area contributed by atoms with Gasteiger partial charge in [0.25, 0.3) is 0 Å². The molecule has 1 fully saturated rings. The van der Waals surface area contributed by atoms with Crippen LogP contribution in [-0.2, 0) is 15.7 Å². The number of nitrogens with one attached hydrogen (secondary N) is 1. The third kappa shape index (κ3) is 3.28. The summed E-state index contributed by atoms with van der Waals surface area (Å²) in [5.74, 6) is -1.28. The first-order valence-electron chi connectivity index (χ1n) is 6.16. The second-order valence-electron chi connectivity index (χ2n) is 4.49. The molecular formula is C13H15F4NO2. The van der Waals surface area contributed by atoms with E-state index in [1.54, 1.807) is 7.05 Å². The minimum atomic E-state index is -4.72. The van der Waals surface area contributed by atoms with Crippen molar-refractivity contribution in [1.29, 1.82) is 0 Å². The van der Waals surface area contributed by atoms with Crippen LogP contribution in [0.4, 0.5) is 17.6 Å². The molecule has 0 radical (unpaired) electrons. The monoisotopic (exact) mass is 293 g/mol. The highest BCUT2D eigenvalue weighted by atomic mass is 19.4. The molecule has 0 aliphatic carbocycles. The lowest BCUT2D eigenvalue weighted by Crippen LogP contribution is -2.39. The van der Waals surface area contributed by atoms with E-state index < -0.39 is 29.7 Å². The summed E-state index contributed by atoms with van der Waals surface area (Å²) in [6.45, 7) is 1.13. The zero-order valence-electron chi connectivity index (χ0n) is 10.8. The van der Waals surface area contributed by atoms with Crippen molar-refractivity contribution in [2.75, 3.05) is 26.9 Å². The van der Waals surface area contributed by atoms with Crippen LogP contribution >= 0.6 is 0 Å². The fraction of sp³-hybridized carbons (Fsp3) is 0.538. The number of benzene rings is 1. The Balaban J connectivity index is 2.30. The lowest BCUT2D eigenvalue weighted by molar-refractivity contribution is -0.140. The van der Waals surface area contributed by atoms with E-state index in [1.807, 2.05) is 0 Å². The minimum Gasteiger partial charge on any atom is -0.376 e. The molecule has 2 rings (SSSR count). The number of alkyl halides is 3. The summed E-state index contributed by atoms with van der Waals surface area (Å²) in [6, 6.07) is 2.47. The van der Waals surface area contributed by atoms with Crippen molar-refractivity contribution in [2.45, 2.75) is 18.3 Å². The van der Waals surface area contributed by atoms with E-state index in [2.05, 4.69) is 5.32 Å². The SMILES string of the molecule is CNC(c1ccc(F)c(C(F)(F)F)c1)C1COCCO1. The van der Waals surface area contributed by atoms with Gasteiger partial charge in [0.15, 0.2) is 0 Å². The van der Waals surface area contributed by atoms with Gasteiger partial charge in [-0.25, -0.2) is 4.39 Å². The number of ether oxygens (including phenoxy) is 2. The van der Waals surface area contributed by atoms with Gasteiger partial charge in [-0.1, -0.05) is 6.07 Å². The summed E-state index contributed by atoms with van der Waals surface area (Å²) in [4.78, 5) is 0. The van der Waals surface area contributed by atoms with Crippen molar-refractivity contribution >= 4 is 0 Å². The average molecular weight is 293 g/mol. The van der Waals surface area contributed by atoms with Gasteiger partial charge < -0.3 is 14.8 Å². The van der Waals surface area contributed by atoms with Crippen LogP contribution in [0.3, 0.4) is 0 Å². The maximum atomic E-state index is 13.3. The molecular weight excluding hydrogens is 278 g/mol. The Morgan fingerprint density at radius 1 is 1.30 bits per heavy atom. The predicted octanol–water partition coefficient (Wildman–Crippen LogP) is 2.52. The standard InChI is InChI=1S/C13H15F4NO2/c1-18-12(11-7-19-4-5-20-11)8-2-3-10(14)9(6-8)13(15,16)17/h2-3,6,11-12,18H,4-5,7H2,1H3. The molecule has 1 N–H and O–H groups in total. The second-order valence-corrected chi connectivity index (χ2v) is 4.49. The van der Waals surface area contributed by atoms with Crippen molar-refractivity contribution in [3.8, 4) is 0 Å². The highest BCUT2D eigenvalue weighted by molar-refractivity contribution is 5.30. The van der Waals surface area contributed by atoms with Crippen LogP contribution < -0.4 is 5.32 Å². The molecule has 1 aliphatic heterocycles. The summed E-state index contributed by atoms with van der Waals surface area (Å²) in [7, 11) is 1.61. The summed E-state index contributed by atoms with van der Waals surface area (Å²) >= 11 is 0. The molecule has 1 saturated heterocycles. The topological polar surface area (TPSA) is 30.5 Å². The van der Waals surface area contributed by atoms with Crippen LogP contribution in [0, 0.1) is 5.82 Å². The molecule has 7 heteroatoms. The van der Waals surface area contributed by atoms with E-state index in [9.17, 15) is 17.6 Å². The predicted molar refractivity (Wildman–Crippen MR) is 63.8 cm³/mol. The van der Waals surface area contributed by atoms with Crippen molar-refractivity contribution in [3.05, 3.63) is 35.1 Å². The van der Waals surface area contributed by atoms with Crippen LogP contribution in [0.5, 0.6) is 0 Å². The molecule has 112 valence electrons. The second kappa shape index (κ2) is 6.07. The van der Waals surface area contributed by atoms with Crippen molar-refractivity contribution in [2.24, 2.45) is 0 Å². The van der Waals surface area contributed by atoms with Gasteiger partial charge in [0, 0.05) is 0 Å². The Labute approximate surface area is 113 Å². The summed E-state index contributed by atoms with van der Waals surface area (Å²) in [5.41, 5.74) is -0.955. The number of rotatable bonds is 3. The van der Waals surface area contributed by atoms with Gasteiger partial charge in [-0.05, 0) is 24.7 Å². The third-order valence-electron chi connectivity index (χ3n) is 3.18. The maximum absolute atomic E-state index is 13.3. The molecule has 1 heterocycles. The molecule has 3 nitrogen and oxygen atoms in total. The lowest BCUT2D eigenvalue weighted by atomic mass is 9.98. The van der Waals surface area contributed by atoms with Crippen LogP contribution in [0.2, 0.25) is 0 Å². The Hall–Kier alpha value is -1.18. The Kier molecular flexibility index (Phi) is 4.62. The van der Waals surface area contributed by atoms with Crippen LogP contribution in [0.15, 0.2) is 18.2 Å². The van der Waals surface area contributed by atoms with Crippen molar-refractivity contribution < 1.29 is 27.0 Å². The van der Waals surface area contributed by atoms with Crippen LogP contribution in [0.25, 0.3) is 0 Å². The molecule has 0 spiro atoms. The van der Waals surface area contributed by atoms with Gasteiger partial charge in [0.1, 0.15) is 11.9 Å². The van der Waals surface area contributed by atoms with Crippen molar-refractivity contribution in [1.82, 2.24) is 5.32 Å². The summed E-state index contributed by atoms with van der Waals surface area (Å²) in [5, 5.41) is 2.89. The summed E-state index contributed by atoms with van der Waals surface area (Å²) in [6.07, 6.45) is -5.12. The van der Waals surface area contributed by atoms with Crippen molar-refractivity contribution in [3.63, 3.8) is 0 Å². The molecule has 2 atom stereocenters. The molecule has 0 bridgehead atoms. The van der Waals surface area contributed by atoms with E-state index in [4.69, 9.17) is 9.47 Å². The first-order chi connectivity index (χ1) is 9.43. The smallest absolute Gasteiger partial charge is 0.376 e. The van der Waals surface area contributed by atoms with Gasteiger partial charge in [0.05, 0.1) is 31.4 Å². The highest BCUT2D eigenvalue weighted by Crippen LogP contribution is 2.34. The molecule has 1 aromatic rings. The highest BCUT2D eigenvalue weighted by Gasteiger charge is 2.35. The van der Waals surface area contributed by atoms with Gasteiger partial charge in [-0.15, -0.1) is 0 Å². The van der Waals surface area contributed by atoms with Gasteiger partial charge >= 0.3 is 6.18 Å². The van der Waals surface area contributed by atoms with Gasteiger partial charge in [-0.3, -0.25) is 0 Å². The minimum absolute atomic E-state index is 0.282. The largest absolute Gasteiger partial charge is 0.419 e. The quantitative estimate of drug-likeness (QED) is 0.869. The average Bonchev–Trinajstić information content (AvgIpc) is 2.41. The number of hydrogen-bond donors (Lipinski definition) is 1. The molecule has 0 saturated carbocycles. The van der Waals surface area contributed by atoms with E-state index >= 15 is 0 Å². The molecule has 0 amide bonds. The van der Waals surface area contributed by atoms with Crippen LogP contribution in [0.1, 0.15) is 17.2 Å². The zero-order valence-corrected chi connectivity index (χ0v) is 10.8. The fourth-order valence-corrected chi connectivity index (χ4v) is 2.22. The fourth-order valence-electron chi connectivity index (χ4n) is 2.22. The van der Waals surface area contributed by atoms with E-state index in [1.165, 1.54) is 6.07 Å². The first kappa shape index (κ1) is 15.2.